The van der Waals surface area contributed by atoms with Gasteiger partial charge in [0.2, 0.25) is 0 Å². The molecule has 94 valence electrons. The van der Waals surface area contributed by atoms with Gasteiger partial charge in [-0.05, 0) is 12.1 Å². The van der Waals surface area contributed by atoms with Gasteiger partial charge in [-0.2, -0.15) is 0 Å². The molecular formula is C11H8F2N2O3. The zero-order valence-corrected chi connectivity index (χ0v) is 9.02. The van der Waals surface area contributed by atoms with Gasteiger partial charge in [0.25, 0.3) is 0 Å². The molecule has 0 unspecified atom stereocenters. The fourth-order valence-electron chi connectivity index (χ4n) is 1.58. The number of halogens is 2. The maximum absolute atomic E-state index is 12.8. The van der Waals surface area contributed by atoms with Crippen molar-refractivity contribution in [3.05, 3.63) is 36.2 Å². The summed E-state index contributed by atoms with van der Waals surface area (Å²) in [5, 5.41) is 6.58. The van der Waals surface area contributed by atoms with Gasteiger partial charge in [-0.25, -0.2) is 0 Å². The molecule has 1 aromatic heterocycles. The van der Waals surface area contributed by atoms with E-state index in [1.165, 1.54) is 18.4 Å². The Morgan fingerprint density at radius 3 is 2.83 bits per heavy atom. The Labute approximate surface area is 100 Å². The average Bonchev–Trinajstić information content (AvgIpc) is 2.90. The van der Waals surface area contributed by atoms with Crippen molar-refractivity contribution in [2.75, 3.05) is 5.32 Å². The van der Waals surface area contributed by atoms with Crippen molar-refractivity contribution >= 4 is 5.69 Å². The Hall–Kier alpha value is -2.31. The van der Waals surface area contributed by atoms with Gasteiger partial charge in [0.05, 0.1) is 6.20 Å². The second-order valence-electron chi connectivity index (χ2n) is 3.72. The van der Waals surface area contributed by atoms with Gasteiger partial charge in [0.1, 0.15) is 6.26 Å². The molecule has 1 aliphatic rings. The average molecular weight is 254 g/mol. The molecule has 7 heteroatoms. The standard InChI is InChI=1S/C11H8F2N2O3/c12-11(13)17-9-2-1-8(3-10(9)18-11)14-4-7-5-15-16-6-7/h1-3,5-6,14H,4H2. The molecule has 1 aliphatic heterocycles. The van der Waals surface area contributed by atoms with E-state index in [9.17, 15) is 8.78 Å². The maximum Gasteiger partial charge on any atom is 0.586 e. The summed E-state index contributed by atoms with van der Waals surface area (Å²) in [6.45, 7) is 0.472. The number of anilines is 1. The molecule has 0 bridgehead atoms. The summed E-state index contributed by atoms with van der Waals surface area (Å²) in [7, 11) is 0. The Balaban J connectivity index is 1.72. The number of hydrogen-bond donors (Lipinski definition) is 1. The van der Waals surface area contributed by atoms with Gasteiger partial charge in [0.15, 0.2) is 11.5 Å². The van der Waals surface area contributed by atoms with Crippen molar-refractivity contribution in [1.29, 1.82) is 0 Å². The van der Waals surface area contributed by atoms with Crippen LogP contribution >= 0.6 is 0 Å². The van der Waals surface area contributed by atoms with Crippen LogP contribution in [0.1, 0.15) is 5.56 Å². The molecule has 1 N–H and O–H groups in total. The first-order valence-electron chi connectivity index (χ1n) is 5.14. The molecular weight excluding hydrogens is 246 g/mol. The summed E-state index contributed by atoms with van der Waals surface area (Å²) < 4.78 is 38.9. The number of nitrogens with one attached hydrogen (secondary N) is 1. The van der Waals surface area contributed by atoms with E-state index in [-0.39, 0.29) is 11.5 Å². The van der Waals surface area contributed by atoms with Crippen molar-refractivity contribution in [3.63, 3.8) is 0 Å². The molecule has 0 amide bonds. The predicted molar refractivity (Wildman–Crippen MR) is 56.5 cm³/mol. The van der Waals surface area contributed by atoms with Crippen molar-refractivity contribution in [1.82, 2.24) is 5.16 Å². The SMILES string of the molecule is FC1(F)Oc2ccc(NCc3cnoc3)cc2O1. The highest BCUT2D eigenvalue weighted by atomic mass is 19.3. The van der Waals surface area contributed by atoms with Gasteiger partial charge >= 0.3 is 6.29 Å². The van der Waals surface area contributed by atoms with Gasteiger partial charge in [-0.1, -0.05) is 5.16 Å². The van der Waals surface area contributed by atoms with E-state index in [1.807, 2.05) is 0 Å². The first-order chi connectivity index (χ1) is 8.62. The molecule has 2 aromatic rings. The highest BCUT2D eigenvalue weighted by Crippen LogP contribution is 2.42. The third-order valence-corrected chi connectivity index (χ3v) is 2.38. The third kappa shape index (κ3) is 2.06. The second-order valence-corrected chi connectivity index (χ2v) is 3.72. The first kappa shape index (κ1) is 10.8. The van der Waals surface area contributed by atoms with E-state index >= 15 is 0 Å². The van der Waals surface area contributed by atoms with Crippen LogP contribution in [0, 0.1) is 0 Å². The summed E-state index contributed by atoms with van der Waals surface area (Å²) in [4.78, 5) is 0. The largest absolute Gasteiger partial charge is 0.586 e. The molecule has 1 aromatic carbocycles. The monoisotopic (exact) mass is 254 g/mol. The summed E-state index contributed by atoms with van der Waals surface area (Å²) in [6.07, 6.45) is -0.530. The lowest BCUT2D eigenvalue weighted by molar-refractivity contribution is -0.286. The number of aromatic nitrogens is 1. The second kappa shape index (κ2) is 3.86. The van der Waals surface area contributed by atoms with Crippen LogP contribution in [0.5, 0.6) is 11.5 Å². The fraction of sp³-hybridized carbons (Fsp3) is 0.182. The molecule has 0 saturated carbocycles. The van der Waals surface area contributed by atoms with Crippen LogP contribution in [-0.4, -0.2) is 11.5 Å². The first-order valence-corrected chi connectivity index (χ1v) is 5.14. The summed E-state index contributed by atoms with van der Waals surface area (Å²) >= 11 is 0. The van der Waals surface area contributed by atoms with Crippen molar-refractivity contribution < 1.29 is 22.8 Å². The van der Waals surface area contributed by atoms with Crippen LogP contribution in [0.25, 0.3) is 0 Å². The minimum absolute atomic E-state index is 0.00955. The summed E-state index contributed by atoms with van der Waals surface area (Å²) in [6, 6.07) is 4.49. The lowest BCUT2D eigenvalue weighted by Gasteiger charge is -2.05. The number of nitrogens with zero attached hydrogens (tertiary/aromatic N) is 1. The number of fused-ring (bicyclic) bond motifs is 1. The lowest BCUT2D eigenvalue weighted by Crippen LogP contribution is -2.25. The van der Waals surface area contributed by atoms with Crippen LogP contribution in [0.4, 0.5) is 14.5 Å². The summed E-state index contributed by atoms with van der Waals surface area (Å²) in [5.74, 6) is 0.0332. The smallest absolute Gasteiger partial charge is 0.395 e. The molecule has 18 heavy (non-hydrogen) atoms. The maximum atomic E-state index is 12.8. The fourth-order valence-corrected chi connectivity index (χ4v) is 1.58. The van der Waals surface area contributed by atoms with Crippen LogP contribution < -0.4 is 14.8 Å². The Bertz CT molecular complexity index is 557. The van der Waals surface area contributed by atoms with E-state index in [4.69, 9.17) is 0 Å². The van der Waals surface area contributed by atoms with Crippen molar-refractivity contribution in [2.45, 2.75) is 12.8 Å². The Kier molecular flexibility index (Phi) is 2.32. The minimum atomic E-state index is -3.59. The zero-order chi connectivity index (χ0) is 12.6. The molecule has 2 heterocycles. The van der Waals surface area contributed by atoms with Gasteiger partial charge in [0, 0.05) is 23.9 Å². The van der Waals surface area contributed by atoms with Gasteiger partial charge in [-0.3, -0.25) is 0 Å². The van der Waals surface area contributed by atoms with Crippen LogP contribution in [0.15, 0.2) is 35.2 Å². The Morgan fingerprint density at radius 1 is 1.22 bits per heavy atom. The molecule has 0 saturated heterocycles. The number of benzene rings is 1. The van der Waals surface area contributed by atoms with E-state index in [0.29, 0.717) is 12.2 Å². The number of alkyl halides is 2. The molecule has 0 aliphatic carbocycles. The van der Waals surface area contributed by atoms with Crippen LogP contribution in [0.2, 0.25) is 0 Å². The predicted octanol–water partition coefficient (Wildman–Crippen LogP) is 2.61. The summed E-state index contributed by atoms with van der Waals surface area (Å²) in [5.41, 5.74) is 1.48. The molecule has 0 fully saturated rings. The normalized spacial score (nSPS) is 15.7. The van der Waals surface area contributed by atoms with E-state index < -0.39 is 6.29 Å². The number of ether oxygens (including phenoxy) is 2. The number of hydrogen-bond acceptors (Lipinski definition) is 5. The van der Waals surface area contributed by atoms with E-state index in [1.54, 1.807) is 12.3 Å². The molecule has 5 nitrogen and oxygen atoms in total. The highest BCUT2D eigenvalue weighted by Gasteiger charge is 2.43. The van der Waals surface area contributed by atoms with E-state index in [0.717, 1.165) is 5.56 Å². The van der Waals surface area contributed by atoms with Crippen molar-refractivity contribution in [3.8, 4) is 11.5 Å². The topological polar surface area (TPSA) is 56.5 Å². The highest BCUT2D eigenvalue weighted by molar-refractivity contribution is 5.56. The quantitative estimate of drug-likeness (QED) is 0.912. The molecule has 3 rings (SSSR count). The molecule has 0 radical (unpaired) electrons. The van der Waals surface area contributed by atoms with Gasteiger partial charge < -0.3 is 19.3 Å². The lowest BCUT2D eigenvalue weighted by atomic mass is 10.2. The third-order valence-electron chi connectivity index (χ3n) is 2.38. The number of rotatable bonds is 3. The van der Waals surface area contributed by atoms with E-state index in [2.05, 4.69) is 24.5 Å². The van der Waals surface area contributed by atoms with Crippen molar-refractivity contribution in [2.24, 2.45) is 0 Å². The van der Waals surface area contributed by atoms with Crippen LogP contribution in [0.3, 0.4) is 0 Å². The van der Waals surface area contributed by atoms with Crippen LogP contribution in [-0.2, 0) is 6.54 Å². The minimum Gasteiger partial charge on any atom is -0.395 e. The molecule has 0 atom stereocenters. The zero-order valence-electron chi connectivity index (χ0n) is 9.02. The van der Waals surface area contributed by atoms with Gasteiger partial charge in [-0.15, -0.1) is 8.78 Å². The molecule has 0 spiro atoms. The Morgan fingerprint density at radius 2 is 2.06 bits per heavy atom.